The first-order valence-corrected chi connectivity index (χ1v) is 19.9. The van der Waals surface area contributed by atoms with Gasteiger partial charge in [0.25, 0.3) is 11.8 Å². The minimum absolute atomic E-state index is 0.0279. The highest BCUT2D eigenvalue weighted by atomic mass is 16.6. The second-order valence-corrected chi connectivity index (χ2v) is 17.2. The number of amides is 6. The zero-order valence-electron chi connectivity index (χ0n) is 36.9. The highest BCUT2D eigenvalue weighted by Crippen LogP contribution is 2.26. The predicted molar refractivity (Wildman–Crippen MR) is 237 cm³/mol. The number of carbonyl (C=O) groups is 6. The van der Waals surface area contributed by atoms with Crippen LogP contribution in [0, 0.1) is 0 Å². The highest BCUT2D eigenvalue weighted by Gasteiger charge is 2.25. The topological polar surface area (TPSA) is 209 Å². The fraction of sp³-hybridized carbons (Fsp3) is 0.378. The Kier molecular flexibility index (Phi) is 15.7. The summed E-state index contributed by atoms with van der Waals surface area (Å²) in [6.07, 6.45) is 0.521. The molecule has 4 rings (SSSR count). The van der Waals surface area contributed by atoms with Gasteiger partial charge in [-0.05, 0) is 134 Å². The van der Waals surface area contributed by atoms with E-state index < -0.39 is 35.1 Å². The van der Waals surface area contributed by atoms with Crippen molar-refractivity contribution in [2.45, 2.75) is 92.1 Å². The van der Waals surface area contributed by atoms with E-state index in [4.69, 9.17) is 14.2 Å². The van der Waals surface area contributed by atoms with Crippen LogP contribution < -0.4 is 26.2 Å². The summed E-state index contributed by atoms with van der Waals surface area (Å²) >= 11 is 0. The highest BCUT2D eigenvalue weighted by molar-refractivity contribution is 6.08. The van der Waals surface area contributed by atoms with Gasteiger partial charge in [0, 0.05) is 49.2 Å². The summed E-state index contributed by atoms with van der Waals surface area (Å²) in [6, 6.07) is 20.8. The van der Waals surface area contributed by atoms with E-state index in [-0.39, 0.29) is 30.3 Å². The predicted octanol–water partition coefficient (Wildman–Crippen LogP) is 7.25. The molecule has 62 heavy (non-hydrogen) atoms. The lowest BCUT2D eigenvalue weighted by Gasteiger charge is -2.30. The molecule has 1 heterocycles. The Labute approximate surface area is 362 Å². The number of nitrogens with zero attached hydrogens (tertiary/aromatic N) is 4. The lowest BCUT2D eigenvalue weighted by molar-refractivity contribution is -0.106. The average Bonchev–Trinajstić information content (AvgIpc) is 3.18. The van der Waals surface area contributed by atoms with Gasteiger partial charge in [0.1, 0.15) is 16.8 Å². The number of anilines is 2. The van der Waals surface area contributed by atoms with Crippen molar-refractivity contribution in [1.29, 1.82) is 0 Å². The van der Waals surface area contributed by atoms with Crippen molar-refractivity contribution in [2.75, 3.05) is 30.4 Å². The molecule has 3 aromatic carbocycles. The fourth-order valence-electron chi connectivity index (χ4n) is 5.71. The van der Waals surface area contributed by atoms with Crippen LogP contribution in [0.1, 0.15) is 101 Å². The zero-order chi connectivity index (χ0) is 45.8. The molecule has 0 saturated heterocycles. The molecule has 17 nitrogen and oxygen atoms in total. The smallest absolute Gasteiger partial charge is 0.437 e. The van der Waals surface area contributed by atoms with E-state index in [1.165, 1.54) is 4.90 Å². The van der Waals surface area contributed by atoms with E-state index in [2.05, 4.69) is 31.3 Å². The van der Waals surface area contributed by atoms with Crippen molar-refractivity contribution in [2.24, 2.45) is 9.98 Å². The molecule has 0 aliphatic carbocycles. The van der Waals surface area contributed by atoms with Crippen LogP contribution in [0.2, 0.25) is 0 Å². The summed E-state index contributed by atoms with van der Waals surface area (Å²) < 4.78 is 15.9. The fourth-order valence-corrected chi connectivity index (χ4v) is 5.71. The number of rotatable bonds is 8. The molecule has 17 heteroatoms. The maximum absolute atomic E-state index is 13.5. The lowest BCUT2D eigenvalue weighted by Crippen LogP contribution is -2.48. The molecule has 4 N–H and O–H groups in total. The third kappa shape index (κ3) is 15.5. The third-order valence-electron chi connectivity index (χ3n) is 8.51. The molecule has 3 aromatic rings. The second-order valence-electron chi connectivity index (χ2n) is 17.2. The van der Waals surface area contributed by atoms with Crippen molar-refractivity contribution in [3.8, 4) is 0 Å². The quantitative estimate of drug-likeness (QED) is 0.0768. The molecule has 0 fully saturated rings. The summed E-state index contributed by atoms with van der Waals surface area (Å²) in [5.74, 6) is -0.678. The zero-order valence-corrected chi connectivity index (χ0v) is 36.9. The normalized spacial score (nSPS) is 13.5. The van der Waals surface area contributed by atoms with Crippen LogP contribution in [0.15, 0.2) is 88.9 Å². The Hall–Kier alpha value is -7.04. The molecule has 1 aliphatic rings. The SMILES string of the molecule is CN(C(=O)c1ccc(C(=O)Nc2ccc(CN/C(=N/C=O)NC(=O)OC(C)(C)C)cc2)cc1)c1ccc(C2=CCN(/C(=N\C(=O)OC(C)(C)C)NC(=O)OC(C)(C)C)CC2)cc1. The average molecular weight is 853 g/mol. The Bertz CT molecular complexity index is 2200. The van der Waals surface area contributed by atoms with Crippen LogP contribution in [0.25, 0.3) is 5.57 Å². The van der Waals surface area contributed by atoms with Gasteiger partial charge in [-0.25, -0.2) is 14.4 Å². The molecule has 0 aromatic heterocycles. The Balaban J connectivity index is 1.32. The maximum Gasteiger partial charge on any atom is 0.437 e. The summed E-state index contributed by atoms with van der Waals surface area (Å²) in [7, 11) is 1.67. The summed E-state index contributed by atoms with van der Waals surface area (Å²) in [5.41, 5.74) is 2.46. The molecule has 0 radical (unpaired) electrons. The Morgan fingerprint density at radius 1 is 0.742 bits per heavy atom. The number of nitrogens with one attached hydrogen (secondary N) is 4. The van der Waals surface area contributed by atoms with Crippen LogP contribution in [0.3, 0.4) is 0 Å². The molecule has 1 aliphatic heterocycles. The number of benzene rings is 3. The number of guanidine groups is 2. The number of ether oxygens (including phenoxy) is 3. The van der Waals surface area contributed by atoms with E-state index in [1.807, 2.05) is 30.3 Å². The minimum atomic E-state index is -0.837. The van der Waals surface area contributed by atoms with Crippen molar-refractivity contribution in [1.82, 2.24) is 20.9 Å². The number of alkyl carbamates (subject to hydrolysis) is 2. The molecule has 0 bridgehead atoms. The first-order chi connectivity index (χ1) is 29.0. The standard InChI is InChI=1S/C45H56N8O9/c1-43(2,3)60-40(57)49-38(47-28-54)46-27-29-11-19-34(20-12-29)48-36(55)32-13-15-33(16-14-32)37(56)52(10)35-21-17-30(18-22-35)31-23-25-53(26-24-31)39(50-41(58)61-44(4,5)6)51-42(59)62-45(7,8)9/h11-23,28H,24-27H2,1-10H3,(H,48,55)(H,50,51,58,59)(H2,46,47,49,54,57). The van der Waals surface area contributed by atoms with Crippen LogP contribution in [-0.4, -0.2) is 90.3 Å². The first-order valence-electron chi connectivity index (χ1n) is 19.9. The lowest BCUT2D eigenvalue weighted by atomic mass is 9.99. The minimum Gasteiger partial charge on any atom is -0.444 e. The summed E-state index contributed by atoms with van der Waals surface area (Å²) in [4.78, 5) is 85.6. The molecular formula is C45H56N8O9. The van der Waals surface area contributed by atoms with Crippen LogP contribution in [0.5, 0.6) is 0 Å². The number of hydrogen-bond donors (Lipinski definition) is 4. The van der Waals surface area contributed by atoms with Crippen LogP contribution in [-0.2, 0) is 25.5 Å². The molecule has 0 atom stereocenters. The maximum atomic E-state index is 13.5. The second kappa shape index (κ2) is 20.5. The van der Waals surface area contributed by atoms with Gasteiger partial charge in [0.2, 0.25) is 18.3 Å². The van der Waals surface area contributed by atoms with Gasteiger partial charge in [0.15, 0.2) is 0 Å². The van der Waals surface area contributed by atoms with Gasteiger partial charge in [-0.15, -0.1) is 4.99 Å². The van der Waals surface area contributed by atoms with Gasteiger partial charge in [-0.2, -0.15) is 4.99 Å². The molecule has 330 valence electrons. The summed E-state index contributed by atoms with van der Waals surface area (Å²) in [6.45, 7) is 16.5. The molecule has 0 unspecified atom stereocenters. The van der Waals surface area contributed by atoms with Gasteiger partial charge in [0.05, 0.1) is 0 Å². The first kappa shape index (κ1) is 47.6. The molecular weight excluding hydrogens is 797 g/mol. The van der Waals surface area contributed by atoms with Gasteiger partial charge >= 0.3 is 18.3 Å². The van der Waals surface area contributed by atoms with E-state index >= 15 is 0 Å². The monoisotopic (exact) mass is 852 g/mol. The Morgan fingerprint density at radius 3 is 1.84 bits per heavy atom. The summed E-state index contributed by atoms with van der Waals surface area (Å²) in [5, 5.41) is 10.7. The van der Waals surface area contributed by atoms with Crippen molar-refractivity contribution < 1.29 is 43.0 Å². The van der Waals surface area contributed by atoms with E-state index in [1.54, 1.807) is 123 Å². The third-order valence-corrected chi connectivity index (χ3v) is 8.51. The van der Waals surface area contributed by atoms with E-state index in [9.17, 15) is 28.8 Å². The molecule has 6 amide bonds. The van der Waals surface area contributed by atoms with Gasteiger partial charge in [-0.1, -0.05) is 30.3 Å². The van der Waals surface area contributed by atoms with Gasteiger partial charge in [-0.3, -0.25) is 25.0 Å². The van der Waals surface area contributed by atoms with Crippen molar-refractivity contribution in [3.05, 3.63) is 101 Å². The van der Waals surface area contributed by atoms with Gasteiger partial charge < -0.3 is 34.6 Å². The van der Waals surface area contributed by atoms with E-state index in [0.717, 1.165) is 16.7 Å². The molecule has 0 saturated carbocycles. The van der Waals surface area contributed by atoms with Crippen molar-refractivity contribution >= 4 is 65.4 Å². The number of hydrogen-bond acceptors (Lipinski definition) is 9. The largest absolute Gasteiger partial charge is 0.444 e. The van der Waals surface area contributed by atoms with E-state index in [0.29, 0.717) is 48.4 Å². The van der Waals surface area contributed by atoms with Crippen LogP contribution in [0.4, 0.5) is 25.8 Å². The van der Waals surface area contributed by atoms with Crippen molar-refractivity contribution in [3.63, 3.8) is 0 Å². The Morgan fingerprint density at radius 2 is 1.31 bits per heavy atom. The molecule has 0 spiro atoms. The number of carbonyl (C=O) groups excluding carboxylic acids is 6. The number of aliphatic imine (C=N–C) groups is 2. The van der Waals surface area contributed by atoms with Crippen LogP contribution >= 0.6 is 0 Å².